The van der Waals surface area contributed by atoms with Crippen LogP contribution in [0.4, 0.5) is 11.6 Å². The lowest BCUT2D eigenvalue weighted by molar-refractivity contribution is 0.0830. The highest BCUT2D eigenvalue weighted by molar-refractivity contribution is 5.57. The highest BCUT2D eigenvalue weighted by Gasteiger charge is 2.29. The molecule has 0 atom stereocenters. The van der Waals surface area contributed by atoms with Gasteiger partial charge >= 0.3 is 0 Å². The molecule has 0 saturated carbocycles. The van der Waals surface area contributed by atoms with Gasteiger partial charge in [0, 0.05) is 12.1 Å². The Hall–Kier alpha value is -1.44. The molecule has 0 fully saturated rings. The Bertz CT molecular complexity index is 388. The smallest absolute Gasteiger partial charge is 0.135 e. The summed E-state index contributed by atoms with van der Waals surface area (Å²) in [5.41, 5.74) is -0.420. The first-order valence-corrected chi connectivity index (χ1v) is 6.28. The lowest BCUT2D eigenvalue weighted by atomic mass is 10.0. The van der Waals surface area contributed by atoms with E-state index in [1.807, 2.05) is 6.92 Å². The molecule has 0 aromatic carbocycles. The van der Waals surface area contributed by atoms with E-state index in [0.29, 0.717) is 11.6 Å². The molecule has 0 radical (unpaired) electrons. The standard InChI is InChI=1S/C12H22N4O3/c1-3-4-13-10-9(2)11(15-8-14-10)16-12(5-17,6-18)7-19/h8,17-19H,3-7H2,1-2H3,(H2,13,14,15,16). The molecule has 0 aliphatic carbocycles. The van der Waals surface area contributed by atoms with E-state index in [1.165, 1.54) is 6.33 Å². The minimum atomic E-state index is -1.19. The Morgan fingerprint density at radius 1 is 1.11 bits per heavy atom. The molecule has 0 bridgehead atoms. The van der Waals surface area contributed by atoms with Crippen molar-refractivity contribution in [3.05, 3.63) is 11.9 Å². The van der Waals surface area contributed by atoms with Crippen molar-refractivity contribution < 1.29 is 15.3 Å². The molecule has 0 unspecified atom stereocenters. The number of hydrogen-bond acceptors (Lipinski definition) is 7. The third-order valence-corrected chi connectivity index (χ3v) is 2.92. The lowest BCUT2D eigenvalue weighted by Crippen LogP contribution is -2.49. The summed E-state index contributed by atoms with van der Waals surface area (Å²) in [5, 5.41) is 33.9. The second-order valence-electron chi connectivity index (χ2n) is 4.50. The van der Waals surface area contributed by atoms with E-state index >= 15 is 0 Å². The molecule has 0 spiro atoms. The Morgan fingerprint density at radius 2 is 1.68 bits per heavy atom. The van der Waals surface area contributed by atoms with E-state index in [9.17, 15) is 15.3 Å². The summed E-state index contributed by atoms with van der Waals surface area (Å²) in [6.07, 6.45) is 2.37. The summed E-state index contributed by atoms with van der Waals surface area (Å²) in [6.45, 7) is 3.47. The van der Waals surface area contributed by atoms with Crippen LogP contribution in [0.2, 0.25) is 0 Å². The largest absolute Gasteiger partial charge is 0.394 e. The maximum atomic E-state index is 9.30. The quantitative estimate of drug-likeness (QED) is 0.442. The zero-order chi connectivity index (χ0) is 14.3. The summed E-state index contributed by atoms with van der Waals surface area (Å²) >= 11 is 0. The number of anilines is 2. The fourth-order valence-electron chi connectivity index (χ4n) is 1.52. The van der Waals surface area contributed by atoms with Gasteiger partial charge < -0.3 is 26.0 Å². The van der Waals surface area contributed by atoms with Crippen molar-refractivity contribution in [1.82, 2.24) is 9.97 Å². The van der Waals surface area contributed by atoms with E-state index in [0.717, 1.165) is 18.5 Å². The van der Waals surface area contributed by atoms with Gasteiger partial charge in [0.05, 0.1) is 19.8 Å². The number of hydrogen-bond donors (Lipinski definition) is 5. The van der Waals surface area contributed by atoms with Gasteiger partial charge in [0.25, 0.3) is 0 Å². The Kier molecular flexibility index (Phi) is 5.94. The van der Waals surface area contributed by atoms with Gasteiger partial charge in [-0.2, -0.15) is 0 Å². The average molecular weight is 270 g/mol. The summed E-state index contributed by atoms with van der Waals surface area (Å²) < 4.78 is 0. The van der Waals surface area contributed by atoms with Crippen LogP contribution in [-0.4, -0.2) is 57.2 Å². The SMILES string of the molecule is CCCNc1ncnc(NC(CO)(CO)CO)c1C. The van der Waals surface area contributed by atoms with Crippen molar-refractivity contribution in [2.45, 2.75) is 25.8 Å². The van der Waals surface area contributed by atoms with Gasteiger partial charge in [0.2, 0.25) is 0 Å². The van der Waals surface area contributed by atoms with Crippen LogP contribution in [0.3, 0.4) is 0 Å². The molecule has 108 valence electrons. The molecule has 0 aliphatic heterocycles. The minimum Gasteiger partial charge on any atom is -0.394 e. The van der Waals surface area contributed by atoms with Crippen molar-refractivity contribution in [2.75, 3.05) is 37.0 Å². The fraction of sp³-hybridized carbons (Fsp3) is 0.667. The molecule has 5 N–H and O–H groups in total. The molecular weight excluding hydrogens is 248 g/mol. The van der Waals surface area contributed by atoms with Crippen molar-refractivity contribution >= 4 is 11.6 Å². The fourth-order valence-corrected chi connectivity index (χ4v) is 1.52. The van der Waals surface area contributed by atoms with Crippen molar-refractivity contribution in [1.29, 1.82) is 0 Å². The predicted octanol–water partition coefficient (Wildman–Crippen LogP) is -0.265. The zero-order valence-corrected chi connectivity index (χ0v) is 11.3. The first-order valence-electron chi connectivity index (χ1n) is 6.28. The van der Waals surface area contributed by atoms with E-state index in [1.54, 1.807) is 0 Å². The number of nitrogens with one attached hydrogen (secondary N) is 2. The van der Waals surface area contributed by atoms with Gasteiger partial charge in [-0.25, -0.2) is 9.97 Å². The lowest BCUT2D eigenvalue weighted by Gasteiger charge is -2.30. The van der Waals surface area contributed by atoms with Gasteiger partial charge in [-0.1, -0.05) is 6.92 Å². The summed E-state index contributed by atoms with van der Waals surface area (Å²) in [6, 6.07) is 0. The van der Waals surface area contributed by atoms with Gasteiger partial charge in [-0.05, 0) is 13.3 Å². The van der Waals surface area contributed by atoms with Gasteiger partial charge in [-0.3, -0.25) is 0 Å². The van der Waals surface area contributed by atoms with Gasteiger partial charge in [-0.15, -0.1) is 0 Å². The van der Waals surface area contributed by atoms with E-state index in [4.69, 9.17) is 0 Å². The van der Waals surface area contributed by atoms with Crippen LogP contribution in [0.25, 0.3) is 0 Å². The normalized spacial score (nSPS) is 11.4. The maximum Gasteiger partial charge on any atom is 0.135 e. The third kappa shape index (κ3) is 3.76. The molecule has 1 heterocycles. The Morgan fingerprint density at radius 3 is 2.21 bits per heavy atom. The number of nitrogens with zero attached hydrogens (tertiary/aromatic N) is 2. The molecule has 1 aromatic heterocycles. The van der Waals surface area contributed by atoms with Gasteiger partial charge in [0.15, 0.2) is 0 Å². The van der Waals surface area contributed by atoms with Crippen LogP contribution in [0, 0.1) is 6.92 Å². The van der Waals surface area contributed by atoms with Crippen LogP contribution in [0.5, 0.6) is 0 Å². The highest BCUT2D eigenvalue weighted by Crippen LogP contribution is 2.21. The van der Waals surface area contributed by atoms with Crippen LogP contribution >= 0.6 is 0 Å². The average Bonchev–Trinajstić information content (AvgIpc) is 2.45. The Balaban J connectivity index is 2.94. The molecule has 0 amide bonds. The zero-order valence-electron chi connectivity index (χ0n) is 11.3. The number of aliphatic hydroxyl groups excluding tert-OH is 3. The second-order valence-corrected chi connectivity index (χ2v) is 4.50. The van der Waals surface area contributed by atoms with E-state index < -0.39 is 25.4 Å². The monoisotopic (exact) mass is 270 g/mol. The summed E-state index contributed by atoms with van der Waals surface area (Å²) in [7, 11) is 0. The summed E-state index contributed by atoms with van der Waals surface area (Å²) in [4.78, 5) is 8.21. The first-order chi connectivity index (χ1) is 9.12. The molecule has 1 aromatic rings. The van der Waals surface area contributed by atoms with Crippen LogP contribution < -0.4 is 10.6 Å². The topological polar surface area (TPSA) is 111 Å². The van der Waals surface area contributed by atoms with Crippen molar-refractivity contribution in [3.8, 4) is 0 Å². The van der Waals surface area contributed by atoms with Crippen LogP contribution in [-0.2, 0) is 0 Å². The number of rotatable bonds is 8. The van der Waals surface area contributed by atoms with Gasteiger partial charge in [0.1, 0.15) is 23.5 Å². The second kappa shape index (κ2) is 7.22. The molecule has 0 saturated heterocycles. The molecule has 7 nitrogen and oxygen atoms in total. The predicted molar refractivity (Wildman–Crippen MR) is 73.2 cm³/mol. The molecule has 19 heavy (non-hydrogen) atoms. The first kappa shape index (κ1) is 15.6. The minimum absolute atomic E-state index is 0.402. The molecule has 1 rings (SSSR count). The van der Waals surface area contributed by atoms with Crippen LogP contribution in [0.15, 0.2) is 6.33 Å². The Labute approximate surface area is 112 Å². The maximum absolute atomic E-state index is 9.30. The third-order valence-electron chi connectivity index (χ3n) is 2.92. The van der Waals surface area contributed by atoms with E-state index in [-0.39, 0.29) is 0 Å². The van der Waals surface area contributed by atoms with Crippen molar-refractivity contribution in [3.63, 3.8) is 0 Å². The highest BCUT2D eigenvalue weighted by atomic mass is 16.3. The number of aliphatic hydroxyl groups is 3. The molecule has 0 aliphatic rings. The summed E-state index contributed by atoms with van der Waals surface area (Å²) in [5.74, 6) is 1.17. The number of aromatic nitrogens is 2. The van der Waals surface area contributed by atoms with Crippen LogP contribution in [0.1, 0.15) is 18.9 Å². The molecular formula is C12H22N4O3. The van der Waals surface area contributed by atoms with Crippen molar-refractivity contribution in [2.24, 2.45) is 0 Å². The van der Waals surface area contributed by atoms with E-state index in [2.05, 4.69) is 27.5 Å². The molecule has 7 heteroatoms.